The van der Waals surface area contributed by atoms with Crippen molar-refractivity contribution >= 4 is 81.5 Å². The number of halogens is 4. The Morgan fingerprint density at radius 2 is 1.43 bits per heavy atom. The number of esters is 1. The molecule has 5 rings (SSSR count). The van der Waals surface area contributed by atoms with Gasteiger partial charge in [0.25, 0.3) is 11.8 Å². The number of aryl methyl sites for hydroxylation is 1. The van der Waals surface area contributed by atoms with Crippen LogP contribution in [0.5, 0.6) is 5.75 Å². The van der Waals surface area contributed by atoms with Crippen molar-refractivity contribution in [2.45, 2.75) is 13.3 Å². The summed E-state index contributed by atoms with van der Waals surface area (Å²) in [6.45, 7) is 2.10. The van der Waals surface area contributed by atoms with Crippen molar-refractivity contribution < 1.29 is 23.9 Å². The summed E-state index contributed by atoms with van der Waals surface area (Å²) < 4.78 is 5.53. The van der Waals surface area contributed by atoms with E-state index in [0.29, 0.717) is 5.69 Å². The average molecular weight is 578 g/mol. The summed E-state index contributed by atoms with van der Waals surface area (Å²) in [6.07, 6.45) is 0.00336. The van der Waals surface area contributed by atoms with Crippen molar-refractivity contribution in [2.75, 3.05) is 16.3 Å². The number of amides is 3. The van der Waals surface area contributed by atoms with Crippen molar-refractivity contribution in [1.82, 2.24) is 0 Å². The normalized spacial score (nSPS) is 17.0. The van der Waals surface area contributed by atoms with E-state index in [4.69, 9.17) is 51.1 Å². The maximum atomic E-state index is 13.1. The Hall–Kier alpha value is -3.10. The van der Waals surface area contributed by atoms with E-state index < -0.39 is 23.7 Å². The van der Waals surface area contributed by atoms with Gasteiger partial charge in [0, 0.05) is 24.7 Å². The van der Waals surface area contributed by atoms with E-state index in [9.17, 15) is 19.2 Å². The Labute approximate surface area is 231 Å². The number of ether oxygens (including phenoxy) is 1. The molecule has 1 saturated heterocycles. The molecule has 1 atom stereocenters. The zero-order valence-corrected chi connectivity index (χ0v) is 22.1. The Kier molecular flexibility index (Phi) is 6.66. The third-order valence-corrected chi connectivity index (χ3v) is 7.97. The molecule has 7 nitrogen and oxygen atoms in total. The molecule has 188 valence electrons. The third-order valence-electron chi connectivity index (χ3n) is 6.17. The number of fused-ring (bicyclic) bond motifs is 1. The Morgan fingerprint density at radius 3 is 2.05 bits per heavy atom. The number of rotatable bonds is 4. The number of benzene rings is 3. The van der Waals surface area contributed by atoms with Crippen LogP contribution in [0.1, 0.15) is 32.7 Å². The quantitative estimate of drug-likeness (QED) is 0.118. The molecular formula is C26H16Cl4N2O5. The van der Waals surface area contributed by atoms with Gasteiger partial charge in [-0.2, -0.15) is 0 Å². The molecule has 0 aromatic heterocycles. The summed E-state index contributed by atoms with van der Waals surface area (Å²) in [6, 6.07) is 13.3. The minimum atomic E-state index is -0.746. The van der Waals surface area contributed by atoms with Gasteiger partial charge in [-0.1, -0.05) is 64.6 Å². The Balaban J connectivity index is 1.37. The van der Waals surface area contributed by atoms with Crippen molar-refractivity contribution in [2.24, 2.45) is 5.92 Å². The van der Waals surface area contributed by atoms with Crippen LogP contribution in [-0.4, -0.2) is 30.2 Å². The summed E-state index contributed by atoms with van der Waals surface area (Å²) in [4.78, 5) is 54.1. The lowest BCUT2D eigenvalue weighted by Crippen LogP contribution is -2.29. The molecule has 2 aliphatic rings. The fourth-order valence-corrected chi connectivity index (χ4v) is 5.39. The first kappa shape index (κ1) is 25.5. The van der Waals surface area contributed by atoms with Gasteiger partial charge in [-0.15, -0.1) is 0 Å². The topological polar surface area (TPSA) is 84.0 Å². The number of hydrogen-bond donors (Lipinski definition) is 0. The molecule has 0 bridgehead atoms. The number of carbonyl (C=O) groups excluding carboxylic acids is 4. The van der Waals surface area contributed by atoms with Gasteiger partial charge in [0.05, 0.1) is 42.8 Å². The van der Waals surface area contributed by atoms with Gasteiger partial charge in [0.1, 0.15) is 5.75 Å². The predicted molar refractivity (Wildman–Crippen MR) is 141 cm³/mol. The van der Waals surface area contributed by atoms with Gasteiger partial charge in [0.15, 0.2) is 0 Å². The molecule has 2 aliphatic heterocycles. The summed E-state index contributed by atoms with van der Waals surface area (Å²) in [5.41, 5.74) is 1.52. The van der Waals surface area contributed by atoms with Gasteiger partial charge < -0.3 is 9.64 Å². The third kappa shape index (κ3) is 4.36. The van der Waals surface area contributed by atoms with Crippen LogP contribution in [0, 0.1) is 12.8 Å². The first-order chi connectivity index (χ1) is 17.6. The second kappa shape index (κ2) is 9.65. The van der Waals surface area contributed by atoms with Crippen molar-refractivity contribution in [3.05, 3.63) is 85.3 Å². The minimum absolute atomic E-state index is 0.00336. The highest BCUT2D eigenvalue weighted by Crippen LogP contribution is 2.46. The van der Waals surface area contributed by atoms with Crippen LogP contribution in [0.2, 0.25) is 20.1 Å². The maximum absolute atomic E-state index is 13.1. The molecule has 3 amide bonds. The van der Waals surface area contributed by atoms with Gasteiger partial charge in [-0.05, 0) is 36.8 Å². The molecule has 2 heterocycles. The molecule has 0 aliphatic carbocycles. The number of anilines is 2. The fraction of sp³-hybridized carbons (Fsp3) is 0.154. The van der Waals surface area contributed by atoms with Crippen molar-refractivity contribution in [3.8, 4) is 5.75 Å². The zero-order valence-electron chi connectivity index (χ0n) is 19.1. The molecule has 0 spiro atoms. The van der Waals surface area contributed by atoms with Crippen LogP contribution in [0.3, 0.4) is 0 Å². The first-order valence-corrected chi connectivity index (χ1v) is 12.5. The second-order valence-corrected chi connectivity index (χ2v) is 10.1. The van der Waals surface area contributed by atoms with Crippen LogP contribution in [0.4, 0.5) is 11.4 Å². The average Bonchev–Trinajstić information content (AvgIpc) is 3.38. The largest absolute Gasteiger partial charge is 0.426 e. The molecule has 0 N–H and O–H groups in total. The first-order valence-electron chi connectivity index (χ1n) is 11.0. The molecule has 3 aromatic carbocycles. The van der Waals surface area contributed by atoms with E-state index in [1.807, 2.05) is 31.2 Å². The van der Waals surface area contributed by atoms with E-state index in [-0.39, 0.29) is 61.5 Å². The minimum Gasteiger partial charge on any atom is -0.426 e. The van der Waals surface area contributed by atoms with E-state index in [0.717, 1.165) is 10.5 Å². The molecule has 3 aromatic rings. The highest BCUT2D eigenvalue weighted by Gasteiger charge is 2.43. The molecule has 0 radical (unpaired) electrons. The highest BCUT2D eigenvalue weighted by atomic mass is 35.5. The Morgan fingerprint density at radius 1 is 0.838 bits per heavy atom. The molecular weight excluding hydrogens is 562 g/mol. The Bertz CT molecular complexity index is 1480. The molecule has 0 saturated carbocycles. The van der Waals surface area contributed by atoms with Crippen LogP contribution in [0.25, 0.3) is 0 Å². The number of nitrogens with zero attached hydrogens (tertiary/aromatic N) is 2. The SMILES string of the molecule is Cc1cccc(N2C[C@H](C(=O)Oc3cccc(N4C(=O)c5c(Cl)c(Cl)c(Cl)c(Cl)c5C4=O)c3)CC2=O)c1. The van der Waals surface area contributed by atoms with Gasteiger partial charge in [-0.25, -0.2) is 4.90 Å². The van der Waals surface area contributed by atoms with Crippen LogP contribution < -0.4 is 14.5 Å². The van der Waals surface area contributed by atoms with Crippen molar-refractivity contribution in [1.29, 1.82) is 0 Å². The predicted octanol–water partition coefficient (Wildman–Crippen LogP) is 6.37. The smallest absolute Gasteiger partial charge is 0.316 e. The van der Waals surface area contributed by atoms with E-state index in [1.54, 1.807) is 4.90 Å². The van der Waals surface area contributed by atoms with Crippen LogP contribution in [-0.2, 0) is 9.59 Å². The lowest BCUT2D eigenvalue weighted by atomic mass is 10.1. The van der Waals surface area contributed by atoms with E-state index in [2.05, 4.69) is 0 Å². The zero-order chi connectivity index (χ0) is 26.6. The summed E-state index contributed by atoms with van der Waals surface area (Å²) >= 11 is 24.5. The van der Waals surface area contributed by atoms with Crippen molar-refractivity contribution in [3.63, 3.8) is 0 Å². The van der Waals surface area contributed by atoms with Gasteiger partial charge in [-0.3, -0.25) is 19.2 Å². The molecule has 0 unspecified atom stereocenters. The molecule has 11 heteroatoms. The number of hydrogen-bond acceptors (Lipinski definition) is 5. The fourth-order valence-electron chi connectivity index (χ4n) is 4.38. The molecule has 1 fully saturated rings. The van der Waals surface area contributed by atoms with Gasteiger partial charge in [0.2, 0.25) is 5.91 Å². The lowest BCUT2D eigenvalue weighted by molar-refractivity contribution is -0.139. The summed E-state index contributed by atoms with van der Waals surface area (Å²) in [7, 11) is 0. The number of carbonyl (C=O) groups is 4. The second-order valence-electron chi connectivity index (χ2n) is 8.61. The van der Waals surface area contributed by atoms with Crippen LogP contribution in [0.15, 0.2) is 48.5 Å². The maximum Gasteiger partial charge on any atom is 0.316 e. The standard InChI is InChI=1S/C26H16Cl4N2O5/c1-12-4-2-5-14(8-12)31-11-13(9-17(31)33)26(36)37-16-7-3-6-15(10-16)32-24(34)18-19(25(32)35)21(28)23(30)22(29)20(18)27/h2-8,10,13H,9,11H2,1H3/t13-/m1/s1. The van der Waals surface area contributed by atoms with E-state index in [1.165, 1.54) is 24.3 Å². The lowest BCUT2D eigenvalue weighted by Gasteiger charge is -2.17. The van der Waals surface area contributed by atoms with Gasteiger partial charge >= 0.3 is 5.97 Å². The molecule has 37 heavy (non-hydrogen) atoms. The summed E-state index contributed by atoms with van der Waals surface area (Å²) in [5.74, 6) is -2.87. The highest BCUT2D eigenvalue weighted by molar-refractivity contribution is 6.56. The van der Waals surface area contributed by atoms with E-state index >= 15 is 0 Å². The summed E-state index contributed by atoms with van der Waals surface area (Å²) in [5, 5.41) is -0.635. The number of imide groups is 1. The van der Waals surface area contributed by atoms with Crippen LogP contribution >= 0.6 is 46.4 Å². The monoisotopic (exact) mass is 576 g/mol.